The van der Waals surface area contributed by atoms with Gasteiger partial charge in [-0.25, -0.2) is 0 Å². The van der Waals surface area contributed by atoms with Gasteiger partial charge in [0.1, 0.15) is 0 Å². The van der Waals surface area contributed by atoms with Crippen molar-refractivity contribution in [3.8, 4) is 11.1 Å². The van der Waals surface area contributed by atoms with Gasteiger partial charge in [0.15, 0.2) is 0 Å². The normalized spacial score (nSPS) is 19.0. The maximum Gasteiger partial charge on any atom is 0.228 e. The second-order valence-corrected chi connectivity index (χ2v) is 7.92. The molecule has 1 fully saturated rings. The maximum absolute atomic E-state index is 13.2. The highest BCUT2D eigenvalue weighted by Gasteiger charge is 2.43. The molecule has 5 nitrogen and oxygen atoms in total. The molecule has 2 aromatic rings. The lowest BCUT2D eigenvalue weighted by molar-refractivity contribution is -0.141. The molecule has 0 bridgehead atoms. The molecule has 154 valence electrons. The number of likely N-dealkylation sites (tertiary alicyclic amines) is 1. The fourth-order valence-corrected chi connectivity index (χ4v) is 4.15. The molecular formula is C24H31N3O2. The van der Waals surface area contributed by atoms with Crippen molar-refractivity contribution in [2.75, 3.05) is 19.6 Å². The standard InChI is InChI=1S/C24H31N3O2/c1-3-13-26-23(29)24(12-5-16-27(18-24)22(28)4-2)17-19-6-8-20(9-7-19)21-10-14-25-15-11-21/h6-11,14-15H,3-5,12-13,16-18H2,1-2H3,(H,26,29)/t24-/m1/s1. The molecule has 1 aromatic carbocycles. The van der Waals surface area contributed by atoms with Gasteiger partial charge >= 0.3 is 0 Å². The van der Waals surface area contributed by atoms with E-state index in [-0.39, 0.29) is 11.8 Å². The van der Waals surface area contributed by atoms with Crippen LogP contribution in [0.25, 0.3) is 11.1 Å². The molecule has 3 rings (SSSR count). The predicted octanol–water partition coefficient (Wildman–Crippen LogP) is 3.84. The number of nitrogens with one attached hydrogen (secondary N) is 1. The molecule has 0 radical (unpaired) electrons. The molecule has 1 N–H and O–H groups in total. The van der Waals surface area contributed by atoms with Crippen LogP contribution in [0.15, 0.2) is 48.8 Å². The molecule has 1 atom stereocenters. The number of carbonyl (C=O) groups is 2. The van der Waals surface area contributed by atoms with Crippen molar-refractivity contribution in [2.45, 2.75) is 46.0 Å². The van der Waals surface area contributed by atoms with Crippen LogP contribution in [0, 0.1) is 5.41 Å². The summed E-state index contributed by atoms with van der Waals surface area (Å²) in [5.41, 5.74) is 2.82. The number of hydrogen-bond donors (Lipinski definition) is 1. The average Bonchev–Trinajstić information content (AvgIpc) is 2.78. The number of benzene rings is 1. The molecule has 2 heterocycles. The number of hydrogen-bond acceptors (Lipinski definition) is 3. The Morgan fingerprint density at radius 1 is 1.07 bits per heavy atom. The molecule has 29 heavy (non-hydrogen) atoms. The minimum Gasteiger partial charge on any atom is -0.356 e. The van der Waals surface area contributed by atoms with E-state index in [0.717, 1.165) is 42.5 Å². The van der Waals surface area contributed by atoms with Crippen LogP contribution in [0.3, 0.4) is 0 Å². The third kappa shape index (κ3) is 5.03. The fourth-order valence-electron chi connectivity index (χ4n) is 4.15. The van der Waals surface area contributed by atoms with Crippen LogP contribution in [-0.4, -0.2) is 41.3 Å². The van der Waals surface area contributed by atoms with Crippen LogP contribution in [0.1, 0.15) is 45.1 Å². The molecule has 1 aromatic heterocycles. The zero-order valence-electron chi connectivity index (χ0n) is 17.5. The van der Waals surface area contributed by atoms with Crippen molar-refractivity contribution in [3.63, 3.8) is 0 Å². The van der Waals surface area contributed by atoms with Crippen molar-refractivity contribution in [2.24, 2.45) is 5.41 Å². The largest absolute Gasteiger partial charge is 0.356 e. The van der Waals surface area contributed by atoms with Crippen LogP contribution in [-0.2, 0) is 16.0 Å². The van der Waals surface area contributed by atoms with E-state index in [2.05, 4.69) is 41.5 Å². The van der Waals surface area contributed by atoms with E-state index in [1.807, 2.05) is 24.0 Å². The number of amides is 2. The summed E-state index contributed by atoms with van der Waals surface area (Å²) in [6.07, 6.45) is 7.28. The van der Waals surface area contributed by atoms with E-state index in [1.165, 1.54) is 0 Å². The van der Waals surface area contributed by atoms with E-state index < -0.39 is 5.41 Å². The highest BCUT2D eigenvalue weighted by Crippen LogP contribution is 2.35. The lowest BCUT2D eigenvalue weighted by atomic mass is 9.74. The van der Waals surface area contributed by atoms with Gasteiger partial charge < -0.3 is 10.2 Å². The van der Waals surface area contributed by atoms with E-state index in [9.17, 15) is 9.59 Å². The highest BCUT2D eigenvalue weighted by atomic mass is 16.2. The molecule has 0 spiro atoms. The van der Waals surface area contributed by atoms with Gasteiger partial charge in [-0.15, -0.1) is 0 Å². The Morgan fingerprint density at radius 3 is 2.41 bits per heavy atom. The van der Waals surface area contributed by atoms with Crippen molar-refractivity contribution in [1.29, 1.82) is 0 Å². The molecule has 0 aliphatic carbocycles. The summed E-state index contributed by atoms with van der Waals surface area (Å²) >= 11 is 0. The lowest BCUT2D eigenvalue weighted by Crippen LogP contribution is -2.54. The summed E-state index contributed by atoms with van der Waals surface area (Å²) in [7, 11) is 0. The maximum atomic E-state index is 13.2. The lowest BCUT2D eigenvalue weighted by Gasteiger charge is -2.42. The summed E-state index contributed by atoms with van der Waals surface area (Å²) in [5.74, 6) is 0.205. The summed E-state index contributed by atoms with van der Waals surface area (Å²) in [4.78, 5) is 31.5. The first-order valence-corrected chi connectivity index (χ1v) is 10.6. The average molecular weight is 394 g/mol. The smallest absolute Gasteiger partial charge is 0.228 e. The SMILES string of the molecule is CCCNC(=O)[C@@]1(Cc2ccc(-c3ccncc3)cc2)CCCN(C(=O)CC)C1. The summed E-state index contributed by atoms with van der Waals surface area (Å²) in [6, 6.07) is 12.4. The monoisotopic (exact) mass is 393 g/mol. The van der Waals surface area contributed by atoms with Crippen LogP contribution in [0.4, 0.5) is 0 Å². The van der Waals surface area contributed by atoms with Gasteiger partial charge in [-0.3, -0.25) is 14.6 Å². The van der Waals surface area contributed by atoms with Crippen molar-refractivity contribution in [1.82, 2.24) is 15.2 Å². The third-order valence-electron chi connectivity index (χ3n) is 5.76. The van der Waals surface area contributed by atoms with Crippen molar-refractivity contribution < 1.29 is 9.59 Å². The van der Waals surface area contributed by atoms with Crippen molar-refractivity contribution >= 4 is 11.8 Å². The molecule has 1 aliphatic rings. The first-order valence-electron chi connectivity index (χ1n) is 10.6. The van der Waals surface area contributed by atoms with Gasteiger partial charge in [0.05, 0.1) is 5.41 Å². The Bertz CT molecular complexity index is 820. The fraction of sp³-hybridized carbons (Fsp3) is 0.458. The van der Waals surface area contributed by atoms with Gasteiger partial charge in [-0.2, -0.15) is 0 Å². The third-order valence-corrected chi connectivity index (χ3v) is 5.76. The highest BCUT2D eigenvalue weighted by molar-refractivity contribution is 5.85. The number of pyridine rings is 1. The number of carbonyl (C=O) groups excluding carboxylic acids is 2. The van der Waals surface area contributed by atoms with Gasteiger partial charge in [0.2, 0.25) is 11.8 Å². The topological polar surface area (TPSA) is 62.3 Å². The summed E-state index contributed by atoms with van der Waals surface area (Å²) in [6.45, 7) is 5.85. The first-order chi connectivity index (χ1) is 14.1. The van der Waals surface area contributed by atoms with E-state index in [1.54, 1.807) is 12.4 Å². The van der Waals surface area contributed by atoms with E-state index in [4.69, 9.17) is 0 Å². The Hall–Kier alpha value is -2.69. The molecular weight excluding hydrogens is 362 g/mol. The number of piperidine rings is 1. The van der Waals surface area contributed by atoms with Crippen LogP contribution >= 0.6 is 0 Å². The number of aromatic nitrogens is 1. The van der Waals surface area contributed by atoms with Crippen LogP contribution in [0.5, 0.6) is 0 Å². The minimum absolute atomic E-state index is 0.0752. The molecule has 1 aliphatic heterocycles. The van der Waals surface area contributed by atoms with Crippen molar-refractivity contribution in [3.05, 3.63) is 54.4 Å². The Labute approximate surface area is 173 Å². The van der Waals surface area contributed by atoms with E-state index in [0.29, 0.717) is 25.9 Å². The second-order valence-electron chi connectivity index (χ2n) is 7.92. The molecule has 0 saturated carbocycles. The molecule has 1 saturated heterocycles. The Balaban J connectivity index is 1.83. The van der Waals surface area contributed by atoms with Crippen LogP contribution in [0.2, 0.25) is 0 Å². The number of nitrogens with zero attached hydrogens (tertiary/aromatic N) is 2. The van der Waals surface area contributed by atoms with Gasteiger partial charge in [-0.1, -0.05) is 38.1 Å². The zero-order chi connectivity index (χ0) is 20.7. The quantitative estimate of drug-likeness (QED) is 0.777. The molecule has 0 unspecified atom stereocenters. The van der Waals surface area contributed by atoms with E-state index >= 15 is 0 Å². The van der Waals surface area contributed by atoms with Crippen LogP contribution < -0.4 is 5.32 Å². The van der Waals surface area contributed by atoms with Gasteiger partial charge in [0, 0.05) is 38.4 Å². The first kappa shape index (κ1) is 21.0. The molecule has 2 amide bonds. The summed E-state index contributed by atoms with van der Waals surface area (Å²) < 4.78 is 0. The zero-order valence-corrected chi connectivity index (χ0v) is 17.5. The summed E-state index contributed by atoms with van der Waals surface area (Å²) in [5, 5.41) is 3.09. The van der Waals surface area contributed by atoms with Gasteiger partial charge in [0.25, 0.3) is 0 Å². The Morgan fingerprint density at radius 2 is 1.76 bits per heavy atom. The van der Waals surface area contributed by atoms with Gasteiger partial charge in [-0.05, 0) is 54.5 Å². The second kappa shape index (κ2) is 9.68. The molecule has 5 heteroatoms. The Kier molecular flexibility index (Phi) is 7.02. The number of rotatable bonds is 7. The minimum atomic E-state index is -0.559. The predicted molar refractivity (Wildman–Crippen MR) is 115 cm³/mol.